The summed E-state index contributed by atoms with van der Waals surface area (Å²) in [7, 11) is 0. The molecule has 0 amide bonds. The van der Waals surface area contributed by atoms with E-state index in [0.29, 0.717) is 5.56 Å². The van der Waals surface area contributed by atoms with Crippen molar-refractivity contribution in [2.45, 2.75) is 32.5 Å². The van der Waals surface area contributed by atoms with Crippen LogP contribution in [0.15, 0.2) is 60.8 Å². The Morgan fingerprint density at radius 3 is 2.26 bits per heavy atom. The number of nitrogens with zero attached hydrogens (tertiary/aromatic N) is 2. The summed E-state index contributed by atoms with van der Waals surface area (Å²) in [5.74, 6) is -0.261. The highest BCUT2D eigenvalue weighted by molar-refractivity contribution is 5.56. The highest BCUT2D eigenvalue weighted by Gasteiger charge is 2.36. The summed E-state index contributed by atoms with van der Waals surface area (Å²) < 4.78 is 45.3. The Morgan fingerprint density at radius 2 is 1.63 bits per heavy atom. The van der Waals surface area contributed by atoms with Gasteiger partial charge in [-0.2, -0.15) is 18.2 Å². The molecule has 0 aliphatic carbocycles. The first-order chi connectivity index (χ1) is 13.0. The summed E-state index contributed by atoms with van der Waals surface area (Å²) in [6.07, 6.45) is -1.84. The van der Waals surface area contributed by atoms with E-state index in [1.165, 1.54) is 0 Å². The van der Waals surface area contributed by atoms with Crippen molar-refractivity contribution in [3.8, 4) is 17.3 Å². The number of aromatic nitrogens is 2. The van der Waals surface area contributed by atoms with Gasteiger partial charge in [-0.15, -0.1) is 0 Å². The van der Waals surface area contributed by atoms with Gasteiger partial charge >= 0.3 is 6.18 Å². The third kappa shape index (κ3) is 4.84. The van der Waals surface area contributed by atoms with Crippen LogP contribution in [0, 0.1) is 0 Å². The molecule has 1 heterocycles. The van der Waals surface area contributed by atoms with Crippen LogP contribution in [0.5, 0.6) is 5.88 Å². The maximum absolute atomic E-state index is 13.3. The quantitative estimate of drug-likeness (QED) is 0.557. The minimum Gasteiger partial charge on any atom is -0.472 e. The summed E-state index contributed by atoms with van der Waals surface area (Å²) in [5, 5.41) is 0. The summed E-state index contributed by atoms with van der Waals surface area (Å²) in [4.78, 5) is 7.94. The zero-order valence-electron chi connectivity index (χ0n) is 14.8. The van der Waals surface area contributed by atoms with E-state index < -0.39 is 17.6 Å². The van der Waals surface area contributed by atoms with Crippen molar-refractivity contribution < 1.29 is 17.9 Å². The zero-order chi connectivity index (χ0) is 19.3. The molecule has 3 nitrogen and oxygen atoms in total. The molecule has 3 rings (SSSR count). The van der Waals surface area contributed by atoms with Gasteiger partial charge < -0.3 is 4.74 Å². The van der Waals surface area contributed by atoms with Gasteiger partial charge in [0.05, 0.1) is 0 Å². The van der Waals surface area contributed by atoms with Gasteiger partial charge in [-0.25, -0.2) is 4.98 Å². The molecule has 0 spiro atoms. The number of halogens is 3. The summed E-state index contributed by atoms with van der Waals surface area (Å²) in [6.45, 7) is 2.08. The standard InChI is InChI=1S/C21H19F3N2O/c1-2-6-15-9-11-17(12-10-15)19-25-13-18(21(22,23)24)20(26-19)27-14-16-7-4-3-5-8-16/h3-5,7-13H,2,6,14H2,1H3. The molecule has 1 aromatic heterocycles. The summed E-state index contributed by atoms with van der Waals surface area (Å²) in [6, 6.07) is 16.5. The van der Waals surface area contributed by atoms with E-state index in [-0.39, 0.29) is 12.4 Å². The lowest BCUT2D eigenvalue weighted by atomic mass is 10.1. The van der Waals surface area contributed by atoms with E-state index in [1.807, 2.05) is 30.3 Å². The molecular formula is C21H19F3N2O. The second-order valence-corrected chi connectivity index (χ2v) is 6.13. The fourth-order valence-electron chi connectivity index (χ4n) is 2.64. The van der Waals surface area contributed by atoms with Crippen molar-refractivity contribution in [1.29, 1.82) is 0 Å². The molecule has 6 heteroatoms. The monoisotopic (exact) mass is 372 g/mol. The van der Waals surface area contributed by atoms with Crippen LogP contribution in [0.1, 0.15) is 30.0 Å². The second kappa shape index (κ2) is 8.20. The third-order valence-electron chi connectivity index (χ3n) is 4.03. The highest BCUT2D eigenvalue weighted by atomic mass is 19.4. The average molecular weight is 372 g/mol. The molecule has 0 bridgehead atoms. The van der Waals surface area contributed by atoms with Crippen LogP contribution in [0.2, 0.25) is 0 Å². The molecule has 0 saturated heterocycles. The second-order valence-electron chi connectivity index (χ2n) is 6.13. The Balaban J connectivity index is 1.90. The van der Waals surface area contributed by atoms with Crippen LogP contribution in [0.3, 0.4) is 0 Å². The van der Waals surface area contributed by atoms with Gasteiger partial charge in [0.15, 0.2) is 5.82 Å². The number of hydrogen-bond acceptors (Lipinski definition) is 3. The lowest BCUT2D eigenvalue weighted by Crippen LogP contribution is -2.11. The van der Waals surface area contributed by atoms with Crippen molar-refractivity contribution in [2.24, 2.45) is 0 Å². The van der Waals surface area contributed by atoms with E-state index in [2.05, 4.69) is 16.9 Å². The molecule has 3 aromatic rings. The Kier molecular flexibility index (Phi) is 5.74. The van der Waals surface area contributed by atoms with E-state index in [9.17, 15) is 13.2 Å². The Morgan fingerprint density at radius 1 is 0.926 bits per heavy atom. The molecule has 0 saturated carbocycles. The first-order valence-corrected chi connectivity index (χ1v) is 8.67. The number of ether oxygens (including phenoxy) is 1. The topological polar surface area (TPSA) is 35.0 Å². The molecular weight excluding hydrogens is 353 g/mol. The fraction of sp³-hybridized carbons (Fsp3) is 0.238. The number of alkyl halides is 3. The molecule has 2 aromatic carbocycles. The minimum absolute atomic E-state index is 0.00416. The van der Waals surface area contributed by atoms with Gasteiger partial charge in [-0.05, 0) is 17.5 Å². The van der Waals surface area contributed by atoms with Crippen LogP contribution in [-0.2, 0) is 19.2 Å². The minimum atomic E-state index is -4.59. The molecule has 0 fully saturated rings. The predicted octanol–water partition coefficient (Wildman–Crippen LogP) is 5.69. The van der Waals surface area contributed by atoms with Crippen molar-refractivity contribution >= 4 is 0 Å². The van der Waals surface area contributed by atoms with Crippen molar-refractivity contribution in [2.75, 3.05) is 0 Å². The van der Waals surface area contributed by atoms with Gasteiger partial charge in [0.25, 0.3) is 0 Å². The van der Waals surface area contributed by atoms with Gasteiger partial charge in [0.2, 0.25) is 5.88 Å². The lowest BCUT2D eigenvalue weighted by molar-refractivity contribution is -0.139. The first-order valence-electron chi connectivity index (χ1n) is 8.67. The van der Waals surface area contributed by atoms with Crippen LogP contribution < -0.4 is 4.74 Å². The highest BCUT2D eigenvalue weighted by Crippen LogP contribution is 2.36. The smallest absolute Gasteiger partial charge is 0.423 e. The molecule has 0 radical (unpaired) electrons. The number of aryl methyl sites for hydroxylation is 1. The van der Waals surface area contributed by atoms with Crippen molar-refractivity contribution in [3.05, 3.63) is 77.5 Å². The van der Waals surface area contributed by atoms with Crippen LogP contribution >= 0.6 is 0 Å². The molecule has 0 atom stereocenters. The van der Waals surface area contributed by atoms with E-state index in [0.717, 1.165) is 30.2 Å². The first kappa shape index (κ1) is 18.9. The number of benzene rings is 2. The summed E-state index contributed by atoms with van der Waals surface area (Å²) >= 11 is 0. The Bertz CT molecular complexity index is 878. The SMILES string of the molecule is CCCc1ccc(-c2ncc(C(F)(F)F)c(OCc3ccccc3)n2)cc1. The predicted molar refractivity (Wildman–Crippen MR) is 97.2 cm³/mol. The van der Waals surface area contributed by atoms with Crippen LogP contribution in [0.25, 0.3) is 11.4 Å². The van der Waals surface area contributed by atoms with Gasteiger partial charge in [-0.1, -0.05) is 67.9 Å². The molecule has 140 valence electrons. The van der Waals surface area contributed by atoms with Crippen LogP contribution in [-0.4, -0.2) is 9.97 Å². The lowest BCUT2D eigenvalue weighted by Gasteiger charge is -2.14. The van der Waals surface area contributed by atoms with E-state index in [1.54, 1.807) is 24.3 Å². The number of hydrogen-bond donors (Lipinski definition) is 0. The maximum Gasteiger partial charge on any atom is 0.423 e. The van der Waals surface area contributed by atoms with Gasteiger partial charge in [0.1, 0.15) is 12.2 Å². The van der Waals surface area contributed by atoms with E-state index >= 15 is 0 Å². The Labute approximate surface area is 155 Å². The number of rotatable bonds is 6. The van der Waals surface area contributed by atoms with E-state index in [4.69, 9.17) is 4.74 Å². The largest absolute Gasteiger partial charge is 0.472 e. The molecule has 0 N–H and O–H groups in total. The summed E-state index contributed by atoms with van der Waals surface area (Å²) in [5.41, 5.74) is 1.58. The maximum atomic E-state index is 13.3. The average Bonchev–Trinajstić information content (AvgIpc) is 2.67. The third-order valence-corrected chi connectivity index (χ3v) is 4.03. The zero-order valence-corrected chi connectivity index (χ0v) is 14.8. The fourth-order valence-corrected chi connectivity index (χ4v) is 2.64. The molecule has 0 unspecified atom stereocenters. The van der Waals surface area contributed by atoms with Crippen molar-refractivity contribution in [3.63, 3.8) is 0 Å². The van der Waals surface area contributed by atoms with Gasteiger partial charge in [-0.3, -0.25) is 0 Å². The normalized spacial score (nSPS) is 11.4. The molecule has 0 aliphatic heterocycles. The van der Waals surface area contributed by atoms with Gasteiger partial charge in [0, 0.05) is 11.8 Å². The molecule has 0 aliphatic rings. The van der Waals surface area contributed by atoms with Crippen LogP contribution in [0.4, 0.5) is 13.2 Å². The van der Waals surface area contributed by atoms with Crippen molar-refractivity contribution in [1.82, 2.24) is 9.97 Å². The molecule has 27 heavy (non-hydrogen) atoms. The Hall–Kier alpha value is -2.89.